The fourth-order valence-corrected chi connectivity index (χ4v) is 3.60. The number of primary amides is 1. The number of hydrogen-bond acceptors (Lipinski definition) is 4. The van der Waals surface area contributed by atoms with Gasteiger partial charge in [0.25, 0.3) is 5.91 Å². The minimum Gasteiger partial charge on any atom is -0.366 e. The van der Waals surface area contributed by atoms with Gasteiger partial charge in [0.15, 0.2) is 0 Å². The Labute approximate surface area is 132 Å². The maximum atomic E-state index is 12.2. The van der Waals surface area contributed by atoms with Gasteiger partial charge in [-0.05, 0) is 30.5 Å². The third kappa shape index (κ3) is 2.77. The fourth-order valence-electron chi connectivity index (χ4n) is 2.79. The molecular weight excluding hydrogens is 300 g/mol. The van der Waals surface area contributed by atoms with Gasteiger partial charge in [-0.1, -0.05) is 0 Å². The van der Waals surface area contributed by atoms with Crippen molar-refractivity contribution in [1.29, 1.82) is 0 Å². The van der Waals surface area contributed by atoms with Crippen LogP contribution in [-0.2, 0) is 11.3 Å². The van der Waals surface area contributed by atoms with E-state index in [9.17, 15) is 9.59 Å². The van der Waals surface area contributed by atoms with E-state index in [2.05, 4.69) is 34.0 Å². The second kappa shape index (κ2) is 5.94. The molecule has 2 amide bonds. The van der Waals surface area contributed by atoms with Gasteiger partial charge in [0, 0.05) is 31.0 Å². The van der Waals surface area contributed by atoms with E-state index >= 15 is 0 Å². The third-order valence-electron chi connectivity index (χ3n) is 4.00. The number of fused-ring (bicyclic) bond motifs is 1. The van der Waals surface area contributed by atoms with Crippen molar-refractivity contribution in [2.45, 2.75) is 19.5 Å². The zero-order chi connectivity index (χ0) is 15.7. The number of thiophene rings is 1. The molecule has 0 aliphatic carbocycles. The summed E-state index contributed by atoms with van der Waals surface area (Å²) >= 11 is 1.30. The summed E-state index contributed by atoms with van der Waals surface area (Å²) in [6.45, 7) is 4.09. The Balaban J connectivity index is 1.65. The molecule has 0 saturated heterocycles. The molecule has 3 N–H and O–H groups in total. The van der Waals surface area contributed by atoms with Crippen LogP contribution < -0.4 is 11.1 Å². The average Bonchev–Trinajstić information content (AvgIpc) is 3.10. The van der Waals surface area contributed by atoms with E-state index in [-0.39, 0.29) is 11.9 Å². The predicted octanol–water partition coefficient (Wildman–Crippen LogP) is 1.66. The molecule has 0 fully saturated rings. The van der Waals surface area contributed by atoms with Crippen LogP contribution in [-0.4, -0.2) is 34.4 Å². The van der Waals surface area contributed by atoms with Crippen LogP contribution in [0.1, 0.15) is 29.0 Å². The molecule has 3 heterocycles. The van der Waals surface area contributed by atoms with Crippen LogP contribution in [0.2, 0.25) is 0 Å². The van der Waals surface area contributed by atoms with Gasteiger partial charge in [-0.15, -0.1) is 11.3 Å². The molecule has 0 radical (unpaired) electrons. The summed E-state index contributed by atoms with van der Waals surface area (Å²) in [6, 6.07) is 5.92. The summed E-state index contributed by atoms with van der Waals surface area (Å²) in [5.41, 5.74) is 6.86. The largest absolute Gasteiger partial charge is 0.366 e. The summed E-state index contributed by atoms with van der Waals surface area (Å²) in [7, 11) is 0. The Hall–Kier alpha value is -2.12. The molecule has 0 saturated carbocycles. The minimum atomic E-state index is -0.527. The smallest absolute Gasteiger partial charge is 0.251 e. The van der Waals surface area contributed by atoms with E-state index < -0.39 is 5.91 Å². The van der Waals surface area contributed by atoms with Crippen molar-refractivity contribution in [1.82, 2.24) is 9.47 Å². The number of hydrogen-bond donors (Lipinski definition) is 2. The Bertz CT molecular complexity index is 706. The lowest BCUT2D eigenvalue weighted by Crippen LogP contribution is -2.41. The molecule has 1 atom stereocenters. The normalized spacial score (nSPS) is 18.0. The molecule has 0 aromatic carbocycles. The average molecular weight is 318 g/mol. The third-order valence-corrected chi connectivity index (χ3v) is 4.83. The Morgan fingerprint density at radius 2 is 2.23 bits per heavy atom. The standard InChI is InChI=1S/C15H18N4O2S/c1-10-12-3-2-5-18(12)6-7-19(10)9-13(20)17-15-11(14(16)21)4-8-22-15/h2-5,8,10H,6-7,9H2,1H3,(H2,16,21)(H,17,20)/t10-/m1/s1. The van der Waals surface area contributed by atoms with Crippen molar-refractivity contribution in [3.8, 4) is 0 Å². The molecule has 22 heavy (non-hydrogen) atoms. The Morgan fingerprint density at radius 3 is 3.00 bits per heavy atom. The van der Waals surface area contributed by atoms with Crippen LogP contribution >= 0.6 is 11.3 Å². The highest BCUT2D eigenvalue weighted by Gasteiger charge is 2.25. The van der Waals surface area contributed by atoms with Crippen LogP contribution in [0.4, 0.5) is 5.00 Å². The van der Waals surface area contributed by atoms with Crippen LogP contribution in [0, 0.1) is 0 Å². The first-order chi connectivity index (χ1) is 10.6. The molecule has 0 bridgehead atoms. The number of carbonyl (C=O) groups excluding carboxylic acids is 2. The second-order valence-electron chi connectivity index (χ2n) is 5.35. The lowest BCUT2D eigenvalue weighted by Gasteiger charge is -2.34. The Kier molecular flexibility index (Phi) is 4.00. The maximum absolute atomic E-state index is 12.2. The van der Waals surface area contributed by atoms with Gasteiger partial charge in [-0.3, -0.25) is 14.5 Å². The highest BCUT2D eigenvalue weighted by molar-refractivity contribution is 7.14. The van der Waals surface area contributed by atoms with Crippen LogP contribution in [0.15, 0.2) is 29.8 Å². The van der Waals surface area contributed by atoms with Gasteiger partial charge >= 0.3 is 0 Å². The summed E-state index contributed by atoms with van der Waals surface area (Å²) in [5, 5.41) is 5.05. The molecule has 116 valence electrons. The lowest BCUT2D eigenvalue weighted by molar-refractivity contribution is -0.118. The van der Waals surface area contributed by atoms with Crippen molar-refractivity contribution in [3.63, 3.8) is 0 Å². The number of nitrogens with two attached hydrogens (primary N) is 1. The number of carbonyl (C=O) groups is 2. The van der Waals surface area contributed by atoms with E-state index in [0.29, 0.717) is 17.1 Å². The Morgan fingerprint density at radius 1 is 1.41 bits per heavy atom. The topological polar surface area (TPSA) is 80.4 Å². The number of aromatic nitrogens is 1. The van der Waals surface area contributed by atoms with E-state index in [0.717, 1.165) is 13.1 Å². The lowest BCUT2D eigenvalue weighted by atomic mass is 10.1. The van der Waals surface area contributed by atoms with Crippen molar-refractivity contribution in [2.75, 3.05) is 18.4 Å². The number of rotatable bonds is 4. The first kappa shape index (κ1) is 14.8. The highest BCUT2D eigenvalue weighted by atomic mass is 32.1. The van der Waals surface area contributed by atoms with Gasteiger partial charge in [0.05, 0.1) is 12.1 Å². The minimum absolute atomic E-state index is 0.128. The second-order valence-corrected chi connectivity index (χ2v) is 6.26. The van der Waals surface area contributed by atoms with Gasteiger partial charge in [0.2, 0.25) is 5.91 Å². The molecule has 1 aliphatic heterocycles. The number of anilines is 1. The number of amides is 2. The summed E-state index contributed by atoms with van der Waals surface area (Å²) in [5.74, 6) is -0.655. The zero-order valence-electron chi connectivity index (χ0n) is 12.3. The molecule has 0 spiro atoms. The predicted molar refractivity (Wildman–Crippen MR) is 85.9 cm³/mol. The van der Waals surface area contributed by atoms with Crippen LogP contribution in [0.5, 0.6) is 0 Å². The number of nitrogens with zero attached hydrogens (tertiary/aromatic N) is 2. The van der Waals surface area contributed by atoms with Crippen molar-refractivity contribution in [3.05, 3.63) is 41.0 Å². The molecule has 0 unspecified atom stereocenters. The summed E-state index contributed by atoms with van der Waals surface area (Å²) < 4.78 is 2.21. The zero-order valence-corrected chi connectivity index (χ0v) is 13.1. The molecule has 7 heteroatoms. The quantitative estimate of drug-likeness (QED) is 0.900. The molecule has 2 aromatic rings. The van der Waals surface area contributed by atoms with Gasteiger partial charge in [-0.2, -0.15) is 0 Å². The van der Waals surface area contributed by atoms with Gasteiger partial charge < -0.3 is 15.6 Å². The summed E-state index contributed by atoms with van der Waals surface area (Å²) in [4.78, 5) is 25.6. The first-order valence-corrected chi connectivity index (χ1v) is 8.00. The van der Waals surface area contributed by atoms with Crippen LogP contribution in [0.25, 0.3) is 0 Å². The number of nitrogens with one attached hydrogen (secondary N) is 1. The van der Waals surface area contributed by atoms with Crippen molar-refractivity contribution >= 4 is 28.2 Å². The molecule has 6 nitrogen and oxygen atoms in total. The van der Waals surface area contributed by atoms with Gasteiger partial charge in [0.1, 0.15) is 5.00 Å². The van der Waals surface area contributed by atoms with Gasteiger partial charge in [-0.25, -0.2) is 0 Å². The monoisotopic (exact) mass is 318 g/mol. The van der Waals surface area contributed by atoms with E-state index in [1.807, 2.05) is 6.07 Å². The van der Waals surface area contributed by atoms with Crippen molar-refractivity contribution < 1.29 is 9.59 Å². The van der Waals surface area contributed by atoms with Crippen molar-refractivity contribution in [2.24, 2.45) is 5.73 Å². The SMILES string of the molecule is C[C@@H]1c2cccn2CCN1CC(=O)Nc1sccc1C(N)=O. The fraction of sp³-hybridized carbons (Fsp3) is 0.333. The van der Waals surface area contributed by atoms with E-state index in [1.165, 1.54) is 17.0 Å². The maximum Gasteiger partial charge on any atom is 0.251 e. The highest BCUT2D eigenvalue weighted by Crippen LogP contribution is 2.26. The molecular formula is C15H18N4O2S. The molecule has 3 rings (SSSR count). The summed E-state index contributed by atoms with van der Waals surface area (Å²) in [6.07, 6.45) is 2.06. The molecule has 2 aromatic heterocycles. The molecule has 1 aliphatic rings. The first-order valence-electron chi connectivity index (χ1n) is 7.12. The van der Waals surface area contributed by atoms with Crippen LogP contribution in [0.3, 0.4) is 0 Å². The van der Waals surface area contributed by atoms with E-state index in [1.54, 1.807) is 11.4 Å². The van der Waals surface area contributed by atoms with E-state index in [4.69, 9.17) is 5.73 Å².